The Morgan fingerprint density at radius 1 is 0.879 bits per heavy atom. The minimum atomic E-state index is -0.114. The van der Waals surface area contributed by atoms with Crippen LogP contribution in [-0.2, 0) is 17.6 Å². The van der Waals surface area contributed by atoms with Gasteiger partial charge < -0.3 is 5.32 Å². The molecule has 1 amide bonds. The fraction of sp³-hybridized carbons (Fsp3) is 0.643. The van der Waals surface area contributed by atoms with E-state index in [2.05, 4.69) is 22.1 Å². The number of aromatic nitrogens is 2. The Morgan fingerprint density at radius 3 is 2.24 bits per heavy atom. The van der Waals surface area contributed by atoms with E-state index in [-0.39, 0.29) is 11.8 Å². The number of carbonyl (C=O) groups excluding carboxylic acids is 1. The monoisotopic (exact) mass is 467 g/mol. The van der Waals surface area contributed by atoms with Crippen LogP contribution in [0.1, 0.15) is 106 Å². The van der Waals surface area contributed by atoms with Gasteiger partial charge in [-0.3, -0.25) is 4.79 Å². The molecule has 2 fully saturated rings. The fourth-order valence-electron chi connectivity index (χ4n) is 6.42. The normalized spacial score (nSPS) is 21.2. The second-order valence-corrected chi connectivity index (χ2v) is 10.9. The van der Waals surface area contributed by atoms with Gasteiger partial charge in [-0.15, -0.1) is 0 Å². The molecule has 0 spiro atoms. The van der Waals surface area contributed by atoms with Crippen LogP contribution in [0.15, 0.2) is 24.3 Å². The SMILES string of the molecule is O=C(NC1CCCCC1)C(c1c2c(nn1-c1ccc(Cl)cc1)CCCCC2)C1CCCCC1. The molecule has 4 nitrogen and oxygen atoms in total. The van der Waals surface area contributed by atoms with E-state index in [4.69, 9.17) is 16.7 Å². The summed E-state index contributed by atoms with van der Waals surface area (Å²) >= 11 is 6.21. The molecular weight excluding hydrogens is 430 g/mol. The van der Waals surface area contributed by atoms with Crippen LogP contribution in [0.25, 0.3) is 5.69 Å². The van der Waals surface area contributed by atoms with Crippen LogP contribution in [0.5, 0.6) is 0 Å². The third-order valence-corrected chi connectivity index (χ3v) is 8.42. The molecule has 33 heavy (non-hydrogen) atoms. The van der Waals surface area contributed by atoms with Gasteiger partial charge in [-0.1, -0.05) is 56.5 Å². The smallest absolute Gasteiger partial charge is 0.229 e. The minimum absolute atomic E-state index is 0.114. The molecule has 0 bridgehead atoms. The summed E-state index contributed by atoms with van der Waals surface area (Å²) in [6, 6.07) is 8.31. The highest BCUT2D eigenvalue weighted by Gasteiger charge is 2.38. The van der Waals surface area contributed by atoms with Crippen molar-refractivity contribution in [1.82, 2.24) is 15.1 Å². The van der Waals surface area contributed by atoms with Crippen LogP contribution in [0.3, 0.4) is 0 Å². The number of fused-ring (bicyclic) bond motifs is 1. The molecule has 1 aromatic heterocycles. The summed E-state index contributed by atoms with van der Waals surface area (Å²) in [6.45, 7) is 0. The number of amides is 1. The summed E-state index contributed by atoms with van der Waals surface area (Å²) in [5, 5.41) is 9.39. The summed E-state index contributed by atoms with van der Waals surface area (Å²) in [7, 11) is 0. The van der Waals surface area contributed by atoms with E-state index in [0.29, 0.717) is 12.0 Å². The first kappa shape index (κ1) is 23.0. The molecule has 1 aromatic carbocycles. The van der Waals surface area contributed by atoms with E-state index < -0.39 is 0 Å². The number of rotatable bonds is 5. The standard InChI is InChI=1S/C28H38ClN3O/c29-21-16-18-23(19-17-21)32-27(24-14-8-3-9-15-25(24)31-32)26(20-10-4-1-5-11-20)28(33)30-22-12-6-2-7-13-22/h16-20,22,26H,1-15H2,(H,30,33). The van der Waals surface area contributed by atoms with E-state index in [1.165, 1.54) is 74.7 Å². The van der Waals surface area contributed by atoms with Crippen molar-refractivity contribution < 1.29 is 4.79 Å². The number of benzene rings is 1. The van der Waals surface area contributed by atoms with Gasteiger partial charge in [-0.05, 0) is 87.1 Å². The molecule has 178 valence electrons. The molecule has 1 heterocycles. The Bertz CT molecular complexity index is 939. The van der Waals surface area contributed by atoms with Crippen LogP contribution < -0.4 is 5.32 Å². The van der Waals surface area contributed by atoms with E-state index in [9.17, 15) is 4.79 Å². The van der Waals surface area contributed by atoms with Gasteiger partial charge in [-0.2, -0.15) is 5.10 Å². The van der Waals surface area contributed by atoms with Crippen molar-refractivity contribution in [2.24, 2.45) is 5.92 Å². The zero-order chi connectivity index (χ0) is 22.6. The largest absolute Gasteiger partial charge is 0.353 e. The average molecular weight is 468 g/mol. The van der Waals surface area contributed by atoms with E-state index >= 15 is 0 Å². The van der Waals surface area contributed by atoms with Crippen LogP contribution >= 0.6 is 11.6 Å². The molecule has 0 aliphatic heterocycles. The fourth-order valence-corrected chi connectivity index (χ4v) is 6.55. The zero-order valence-electron chi connectivity index (χ0n) is 19.8. The highest BCUT2D eigenvalue weighted by atomic mass is 35.5. The van der Waals surface area contributed by atoms with Crippen molar-refractivity contribution >= 4 is 17.5 Å². The molecule has 0 radical (unpaired) electrons. The molecule has 2 saturated carbocycles. The van der Waals surface area contributed by atoms with Crippen LogP contribution in [0, 0.1) is 5.92 Å². The lowest BCUT2D eigenvalue weighted by Gasteiger charge is -2.33. The molecule has 1 N–H and O–H groups in total. The lowest BCUT2D eigenvalue weighted by atomic mass is 9.76. The van der Waals surface area contributed by atoms with Crippen molar-refractivity contribution in [3.63, 3.8) is 0 Å². The summed E-state index contributed by atoms with van der Waals surface area (Å²) in [4.78, 5) is 14.0. The third kappa shape index (κ3) is 5.16. The first-order chi connectivity index (χ1) is 16.2. The molecule has 2 aromatic rings. The second kappa shape index (κ2) is 10.6. The average Bonchev–Trinajstić information content (AvgIpc) is 3.02. The van der Waals surface area contributed by atoms with Crippen molar-refractivity contribution in [2.45, 2.75) is 108 Å². The van der Waals surface area contributed by atoms with Gasteiger partial charge in [0.1, 0.15) is 0 Å². The maximum absolute atomic E-state index is 14.0. The van der Waals surface area contributed by atoms with Crippen molar-refractivity contribution in [3.8, 4) is 5.69 Å². The van der Waals surface area contributed by atoms with E-state index in [1.807, 2.05) is 12.1 Å². The zero-order valence-corrected chi connectivity index (χ0v) is 20.6. The Labute approximate surface area is 203 Å². The molecule has 5 heteroatoms. The van der Waals surface area contributed by atoms with Crippen molar-refractivity contribution in [2.75, 3.05) is 0 Å². The number of nitrogens with zero attached hydrogens (tertiary/aromatic N) is 2. The van der Waals surface area contributed by atoms with Gasteiger partial charge in [-0.25, -0.2) is 4.68 Å². The first-order valence-corrected chi connectivity index (χ1v) is 13.8. The molecule has 0 saturated heterocycles. The topological polar surface area (TPSA) is 46.9 Å². The number of halogens is 1. The van der Waals surface area contributed by atoms with Gasteiger partial charge in [0, 0.05) is 11.1 Å². The Morgan fingerprint density at radius 2 is 1.52 bits per heavy atom. The summed E-state index contributed by atoms with van der Waals surface area (Å²) in [5.41, 5.74) is 4.77. The van der Waals surface area contributed by atoms with Crippen molar-refractivity contribution in [3.05, 3.63) is 46.2 Å². The second-order valence-electron chi connectivity index (χ2n) is 10.5. The number of nitrogens with one attached hydrogen (secondary N) is 1. The summed E-state index contributed by atoms with van der Waals surface area (Å²) in [5.74, 6) is 0.533. The molecule has 3 aliphatic carbocycles. The molecule has 1 atom stereocenters. The third-order valence-electron chi connectivity index (χ3n) is 8.17. The number of hydrogen-bond acceptors (Lipinski definition) is 2. The molecule has 5 rings (SSSR count). The van der Waals surface area contributed by atoms with E-state index in [1.54, 1.807) is 0 Å². The van der Waals surface area contributed by atoms with Gasteiger partial charge in [0.2, 0.25) is 5.91 Å². The maximum Gasteiger partial charge on any atom is 0.229 e. The Kier molecular flexibility index (Phi) is 7.40. The maximum atomic E-state index is 14.0. The summed E-state index contributed by atoms with van der Waals surface area (Å²) < 4.78 is 2.12. The number of hydrogen-bond donors (Lipinski definition) is 1. The first-order valence-electron chi connectivity index (χ1n) is 13.4. The van der Waals surface area contributed by atoms with Gasteiger partial charge in [0.25, 0.3) is 0 Å². The Balaban J connectivity index is 1.58. The predicted octanol–water partition coefficient (Wildman–Crippen LogP) is 6.91. The lowest BCUT2D eigenvalue weighted by Crippen LogP contribution is -2.42. The molecule has 1 unspecified atom stereocenters. The van der Waals surface area contributed by atoms with Gasteiger partial charge in [0.15, 0.2) is 0 Å². The molecular formula is C28H38ClN3O. The highest BCUT2D eigenvalue weighted by Crippen LogP contribution is 2.41. The lowest BCUT2D eigenvalue weighted by molar-refractivity contribution is -0.125. The highest BCUT2D eigenvalue weighted by molar-refractivity contribution is 6.30. The van der Waals surface area contributed by atoms with Crippen molar-refractivity contribution in [1.29, 1.82) is 0 Å². The van der Waals surface area contributed by atoms with Crippen LogP contribution in [-0.4, -0.2) is 21.7 Å². The number of carbonyl (C=O) groups is 1. The van der Waals surface area contributed by atoms with Crippen LogP contribution in [0.4, 0.5) is 0 Å². The predicted molar refractivity (Wildman–Crippen MR) is 134 cm³/mol. The van der Waals surface area contributed by atoms with Gasteiger partial charge >= 0.3 is 0 Å². The molecule has 3 aliphatic rings. The van der Waals surface area contributed by atoms with E-state index in [0.717, 1.165) is 49.2 Å². The summed E-state index contributed by atoms with van der Waals surface area (Å²) in [6.07, 6.45) is 17.7. The van der Waals surface area contributed by atoms with Crippen LogP contribution in [0.2, 0.25) is 5.02 Å². The Hall–Kier alpha value is -1.81. The minimum Gasteiger partial charge on any atom is -0.353 e. The quantitative estimate of drug-likeness (QED) is 0.485. The number of aryl methyl sites for hydroxylation is 1. The van der Waals surface area contributed by atoms with Gasteiger partial charge in [0.05, 0.1) is 23.0 Å².